The maximum Gasteiger partial charge on any atom is 0.293 e. The van der Waals surface area contributed by atoms with Gasteiger partial charge in [-0.05, 0) is 40.5 Å². The van der Waals surface area contributed by atoms with Crippen molar-refractivity contribution in [1.29, 1.82) is 0 Å². The van der Waals surface area contributed by atoms with Crippen LogP contribution in [0.4, 0.5) is 0 Å². The third-order valence-electron chi connectivity index (χ3n) is 1.65. The number of Topliss-reactive ketones (excluding diaryl/α,β-unsaturated/α-hetero) is 2. The third-order valence-corrected chi connectivity index (χ3v) is 1.65. The van der Waals surface area contributed by atoms with Gasteiger partial charge in [-0.15, -0.1) is 0 Å². The van der Waals surface area contributed by atoms with E-state index in [1.807, 2.05) is 0 Å². The zero-order valence-corrected chi connectivity index (χ0v) is 14.1. The molecule has 0 atom stereocenters. The molecule has 1 saturated carbocycles. The second-order valence-corrected chi connectivity index (χ2v) is 3.88. The first-order valence-electron chi connectivity index (χ1n) is 7.05. The summed E-state index contributed by atoms with van der Waals surface area (Å²) in [6.45, 7) is 7.65. The number of carbonyl (C=O) groups is 3. The second kappa shape index (κ2) is 31.2. The van der Waals surface area contributed by atoms with Crippen molar-refractivity contribution in [1.82, 2.24) is 0 Å². The molecule has 0 bridgehead atoms. The molecule has 128 valence electrons. The van der Waals surface area contributed by atoms with Gasteiger partial charge in [-0.1, -0.05) is 6.42 Å². The van der Waals surface area contributed by atoms with Crippen LogP contribution in [0.15, 0.2) is 0 Å². The number of ether oxygens (including phenoxy) is 1. The van der Waals surface area contributed by atoms with Crippen LogP contribution in [0.2, 0.25) is 0 Å². The molecule has 21 heavy (non-hydrogen) atoms. The lowest BCUT2D eigenvalue weighted by atomic mass is 10.00. The van der Waals surface area contributed by atoms with Crippen molar-refractivity contribution in [2.75, 3.05) is 20.3 Å². The van der Waals surface area contributed by atoms with Gasteiger partial charge in [-0.2, -0.15) is 0 Å². The second-order valence-electron chi connectivity index (χ2n) is 3.88. The highest BCUT2D eigenvalue weighted by Crippen LogP contribution is 2.12. The van der Waals surface area contributed by atoms with Gasteiger partial charge >= 0.3 is 0 Å². The zero-order valence-electron chi connectivity index (χ0n) is 14.1. The molecule has 6 nitrogen and oxygen atoms in total. The Kier molecular flexibility index (Phi) is 41.6. The Bertz CT molecular complexity index is 204. The molecule has 0 unspecified atom stereocenters. The Balaban J connectivity index is -0.0000000927. The first kappa shape index (κ1) is 28.0. The van der Waals surface area contributed by atoms with E-state index in [1.165, 1.54) is 20.3 Å². The summed E-state index contributed by atoms with van der Waals surface area (Å²) in [6, 6.07) is 0. The van der Waals surface area contributed by atoms with Gasteiger partial charge in [-0.3, -0.25) is 9.59 Å². The molecule has 0 aromatic heterocycles. The van der Waals surface area contributed by atoms with E-state index in [1.54, 1.807) is 13.8 Å². The molecule has 0 radical (unpaired) electrons. The van der Waals surface area contributed by atoms with Crippen LogP contribution in [0, 0.1) is 0 Å². The Morgan fingerprint density at radius 1 is 1.14 bits per heavy atom. The standard InChI is InChI=1S/C6H10O.C3H6O2.C3H6O.C2H6O.CH4O/c7-6-4-2-1-3-5-6;1-2-5-3-4;1-3(2)4;1-2-3;1-2/h1-5H2;3H,2H2,1H3;1-2H3;3H,2H2,1H3;2H,1H3. The molecule has 0 heterocycles. The van der Waals surface area contributed by atoms with Gasteiger partial charge in [0.25, 0.3) is 6.47 Å². The van der Waals surface area contributed by atoms with E-state index in [4.69, 9.17) is 10.2 Å². The van der Waals surface area contributed by atoms with Crippen molar-refractivity contribution in [3.63, 3.8) is 0 Å². The molecule has 0 aromatic rings. The molecule has 1 rings (SSSR count). The molecule has 0 aromatic carbocycles. The number of hydrogen-bond acceptors (Lipinski definition) is 6. The highest BCUT2D eigenvalue weighted by Gasteiger charge is 2.05. The predicted octanol–water partition coefficient (Wildman–Crippen LogP) is 1.90. The number of rotatable bonds is 2. The van der Waals surface area contributed by atoms with Crippen LogP contribution < -0.4 is 0 Å². The maximum atomic E-state index is 10.5. The molecule has 6 heteroatoms. The fourth-order valence-corrected chi connectivity index (χ4v) is 1.01. The van der Waals surface area contributed by atoms with Crippen molar-refractivity contribution >= 4 is 18.0 Å². The largest absolute Gasteiger partial charge is 0.468 e. The van der Waals surface area contributed by atoms with E-state index < -0.39 is 0 Å². The highest BCUT2D eigenvalue weighted by atomic mass is 16.5. The van der Waals surface area contributed by atoms with Gasteiger partial charge in [0.2, 0.25) is 0 Å². The van der Waals surface area contributed by atoms with Crippen molar-refractivity contribution in [2.45, 2.75) is 59.8 Å². The third kappa shape index (κ3) is 68.8. The Morgan fingerprint density at radius 2 is 1.48 bits per heavy atom. The van der Waals surface area contributed by atoms with E-state index in [-0.39, 0.29) is 12.4 Å². The fraction of sp³-hybridized carbons (Fsp3) is 0.800. The summed E-state index contributed by atoms with van der Waals surface area (Å²) in [5.41, 5.74) is 0. The van der Waals surface area contributed by atoms with Crippen LogP contribution in [-0.4, -0.2) is 48.6 Å². The molecule has 0 amide bonds. The fourth-order valence-electron chi connectivity index (χ4n) is 1.01. The lowest BCUT2D eigenvalue weighted by molar-refractivity contribution is -0.128. The van der Waals surface area contributed by atoms with Crippen LogP contribution in [0.1, 0.15) is 59.8 Å². The van der Waals surface area contributed by atoms with Crippen molar-refractivity contribution < 1.29 is 29.3 Å². The van der Waals surface area contributed by atoms with Crippen molar-refractivity contribution in [2.24, 2.45) is 0 Å². The first-order chi connectivity index (χ1) is 9.95. The topological polar surface area (TPSA) is 101 Å². The Morgan fingerprint density at radius 3 is 1.57 bits per heavy atom. The van der Waals surface area contributed by atoms with Crippen LogP contribution in [-0.2, 0) is 19.1 Å². The average molecular weight is 308 g/mol. The van der Waals surface area contributed by atoms with Gasteiger partial charge < -0.3 is 19.7 Å². The first-order valence-corrected chi connectivity index (χ1v) is 7.05. The van der Waals surface area contributed by atoms with E-state index in [0.29, 0.717) is 18.9 Å². The van der Waals surface area contributed by atoms with Crippen LogP contribution in [0.5, 0.6) is 0 Å². The van der Waals surface area contributed by atoms with Crippen molar-refractivity contribution in [3.8, 4) is 0 Å². The molecule has 1 fully saturated rings. The maximum absolute atomic E-state index is 10.5. The van der Waals surface area contributed by atoms with E-state index >= 15 is 0 Å². The lowest BCUT2D eigenvalue weighted by Gasteiger charge is -2.05. The molecule has 1 aliphatic rings. The normalized spacial score (nSPS) is 11.5. The van der Waals surface area contributed by atoms with Crippen molar-refractivity contribution in [3.05, 3.63) is 0 Å². The summed E-state index contributed by atoms with van der Waals surface area (Å²) in [7, 11) is 1.00. The summed E-state index contributed by atoms with van der Waals surface area (Å²) in [4.78, 5) is 29.1. The summed E-state index contributed by atoms with van der Waals surface area (Å²) in [5, 5.41) is 14.6. The Labute approximate surface area is 128 Å². The van der Waals surface area contributed by atoms with Gasteiger partial charge in [0.05, 0.1) is 6.61 Å². The zero-order chi connectivity index (χ0) is 17.5. The summed E-state index contributed by atoms with van der Waals surface area (Å²) < 4.78 is 4.15. The molecule has 2 N–H and O–H groups in total. The quantitative estimate of drug-likeness (QED) is 0.756. The van der Waals surface area contributed by atoms with E-state index in [0.717, 1.165) is 32.8 Å². The molecule has 0 aliphatic heterocycles. The van der Waals surface area contributed by atoms with Gasteiger partial charge in [-0.25, -0.2) is 0 Å². The van der Waals surface area contributed by atoms with E-state index in [9.17, 15) is 14.4 Å². The molecule has 0 spiro atoms. The van der Waals surface area contributed by atoms with Gasteiger partial charge in [0, 0.05) is 26.6 Å². The van der Waals surface area contributed by atoms with E-state index in [2.05, 4.69) is 4.74 Å². The number of ketones is 2. The highest BCUT2D eigenvalue weighted by molar-refractivity contribution is 5.78. The minimum Gasteiger partial charge on any atom is -0.468 e. The minimum absolute atomic E-state index is 0.167. The number of carbonyl (C=O) groups excluding carboxylic acids is 3. The number of aliphatic hydroxyl groups is 2. The molecular formula is C15H32O6. The minimum atomic E-state index is 0.167. The van der Waals surface area contributed by atoms with Gasteiger partial charge in [0.1, 0.15) is 11.6 Å². The lowest BCUT2D eigenvalue weighted by Crippen LogP contribution is -2.02. The van der Waals surface area contributed by atoms with Gasteiger partial charge in [0.15, 0.2) is 0 Å². The number of aliphatic hydroxyl groups excluding tert-OH is 2. The van der Waals surface area contributed by atoms with Crippen LogP contribution in [0.3, 0.4) is 0 Å². The predicted molar refractivity (Wildman–Crippen MR) is 83.0 cm³/mol. The smallest absolute Gasteiger partial charge is 0.293 e. The van der Waals surface area contributed by atoms with Crippen LogP contribution >= 0.6 is 0 Å². The summed E-state index contributed by atoms with van der Waals surface area (Å²) in [5.74, 6) is 0.631. The summed E-state index contributed by atoms with van der Waals surface area (Å²) in [6.07, 6.45) is 5.24. The average Bonchev–Trinajstić information content (AvgIpc) is 2.44. The molecular weight excluding hydrogens is 276 g/mol. The SMILES string of the molecule is CC(C)=O.CCO.CCOC=O.CO.O=C1CCCCC1. The molecule has 1 aliphatic carbocycles. The van der Waals surface area contributed by atoms with Crippen LogP contribution in [0.25, 0.3) is 0 Å². The number of hydrogen-bond donors (Lipinski definition) is 2. The summed E-state index contributed by atoms with van der Waals surface area (Å²) >= 11 is 0. The molecule has 0 saturated heterocycles. The Hall–Kier alpha value is -1.27. The monoisotopic (exact) mass is 308 g/mol.